The van der Waals surface area contributed by atoms with E-state index in [0.717, 1.165) is 34.2 Å². The van der Waals surface area contributed by atoms with Gasteiger partial charge in [0, 0.05) is 12.1 Å². The van der Waals surface area contributed by atoms with Crippen LogP contribution in [0, 0.1) is 0 Å². The van der Waals surface area contributed by atoms with Gasteiger partial charge in [-0.15, -0.1) is 0 Å². The van der Waals surface area contributed by atoms with Crippen LogP contribution in [-0.2, 0) is 12.6 Å². The van der Waals surface area contributed by atoms with Crippen molar-refractivity contribution in [2.75, 3.05) is 13.7 Å². The molecule has 1 N–H and O–H groups in total. The summed E-state index contributed by atoms with van der Waals surface area (Å²) >= 11 is 0. The highest BCUT2D eigenvalue weighted by Crippen LogP contribution is 2.29. The Bertz CT molecular complexity index is 967. The van der Waals surface area contributed by atoms with E-state index in [4.69, 9.17) is 4.74 Å². The fraction of sp³-hybridized carbons (Fsp3) is 0.190. The first-order valence-corrected chi connectivity index (χ1v) is 8.39. The van der Waals surface area contributed by atoms with Crippen molar-refractivity contribution in [3.63, 3.8) is 0 Å². The summed E-state index contributed by atoms with van der Waals surface area (Å²) in [6.45, 7) is 0.324. The number of nitrogens with one attached hydrogen (secondary N) is 1. The maximum absolute atomic E-state index is 12.7. The van der Waals surface area contributed by atoms with Gasteiger partial charge < -0.3 is 10.1 Å². The van der Waals surface area contributed by atoms with Crippen LogP contribution in [0.3, 0.4) is 0 Å². The zero-order valence-electron chi connectivity index (χ0n) is 14.6. The van der Waals surface area contributed by atoms with Gasteiger partial charge in [0.2, 0.25) is 0 Å². The number of rotatable bonds is 5. The van der Waals surface area contributed by atoms with Crippen molar-refractivity contribution in [1.82, 2.24) is 5.32 Å². The number of ether oxygens (including phenoxy) is 1. The molecule has 0 fully saturated rings. The first-order chi connectivity index (χ1) is 12.9. The quantitative estimate of drug-likeness (QED) is 0.695. The smallest absolute Gasteiger partial charge is 0.416 e. The molecule has 0 saturated heterocycles. The van der Waals surface area contributed by atoms with E-state index in [9.17, 15) is 18.0 Å². The third-order valence-corrected chi connectivity index (χ3v) is 4.26. The third-order valence-electron chi connectivity index (χ3n) is 4.26. The van der Waals surface area contributed by atoms with Gasteiger partial charge in [0.15, 0.2) is 0 Å². The molecule has 0 spiro atoms. The van der Waals surface area contributed by atoms with Gasteiger partial charge in [0.1, 0.15) is 5.75 Å². The Morgan fingerprint density at radius 3 is 2.52 bits per heavy atom. The van der Waals surface area contributed by atoms with Crippen LogP contribution in [0.25, 0.3) is 10.8 Å². The number of hydrogen-bond acceptors (Lipinski definition) is 2. The molecule has 3 nitrogen and oxygen atoms in total. The highest BCUT2D eigenvalue weighted by Gasteiger charge is 2.30. The van der Waals surface area contributed by atoms with Crippen LogP contribution in [0.15, 0.2) is 60.7 Å². The topological polar surface area (TPSA) is 38.3 Å². The number of alkyl halides is 3. The molecule has 0 radical (unpaired) electrons. The molecule has 0 saturated carbocycles. The van der Waals surface area contributed by atoms with E-state index in [-0.39, 0.29) is 5.56 Å². The van der Waals surface area contributed by atoms with E-state index < -0.39 is 17.6 Å². The Labute approximate surface area is 154 Å². The molecule has 0 atom stereocenters. The average molecular weight is 373 g/mol. The van der Waals surface area contributed by atoms with Crippen LogP contribution in [0.2, 0.25) is 0 Å². The fourth-order valence-corrected chi connectivity index (χ4v) is 2.82. The van der Waals surface area contributed by atoms with E-state index in [1.54, 1.807) is 7.11 Å². The van der Waals surface area contributed by atoms with Gasteiger partial charge in [-0.05, 0) is 53.1 Å². The monoisotopic (exact) mass is 373 g/mol. The Balaban J connectivity index is 1.64. The van der Waals surface area contributed by atoms with E-state index in [1.165, 1.54) is 12.1 Å². The SMILES string of the molecule is COc1ccc2ccc(CCNC(=O)c3cccc(C(F)(F)F)c3)cc2c1. The molecule has 0 aliphatic rings. The van der Waals surface area contributed by atoms with E-state index in [1.807, 2.05) is 36.4 Å². The summed E-state index contributed by atoms with van der Waals surface area (Å²) in [5.74, 6) is 0.237. The van der Waals surface area contributed by atoms with Gasteiger partial charge >= 0.3 is 6.18 Å². The Morgan fingerprint density at radius 2 is 1.78 bits per heavy atom. The molecular weight excluding hydrogens is 355 g/mol. The van der Waals surface area contributed by atoms with Gasteiger partial charge in [-0.1, -0.05) is 30.3 Å². The predicted molar refractivity (Wildman–Crippen MR) is 98.0 cm³/mol. The molecule has 3 aromatic carbocycles. The predicted octanol–water partition coefficient (Wildman–Crippen LogP) is 4.84. The summed E-state index contributed by atoms with van der Waals surface area (Å²) in [7, 11) is 1.61. The van der Waals surface area contributed by atoms with Crippen molar-refractivity contribution in [1.29, 1.82) is 0 Å². The molecule has 0 aliphatic heterocycles. The minimum atomic E-state index is -4.47. The summed E-state index contributed by atoms with van der Waals surface area (Å²) in [6, 6.07) is 16.1. The van der Waals surface area contributed by atoms with Crippen LogP contribution in [0.1, 0.15) is 21.5 Å². The standard InChI is InChI=1S/C21H18F3NO2/c1-27-19-8-7-15-6-5-14(11-17(15)13-19)9-10-25-20(26)16-3-2-4-18(12-16)21(22,23)24/h2-8,11-13H,9-10H2,1H3,(H,25,26). The van der Waals surface area contributed by atoms with E-state index >= 15 is 0 Å². The number of methoxy groups -OCH3 is 1. The third kappa shape index (κ3) is 4.58. The Morgan fingerprint density at radius 1 is 1.00 bits per heavy atom. The molecule has 3 aromatic rings. The molecule has 0 unspecified atom stereocenters. The number of halogens is 3. The van der Waals surface area contributed by atoms with Crippen molar-refractivity contribution in [3.8, 4) is 5.75 Å². The van der Waals surface area contributed by atoms with Gasteiger partial charge in [0.25, 0.3) is 5.91 Å². The average Bonchev–Trinajstić information content (AvgIpc) is 2.66. The van der Waals surface area contributed by atoms with Crippen molar-refractivity contribution in [3.05, 3.63) is 77.4 Å². The van der Waals surface area contributed by atoms with Crippen LogP contribution in [-0.4, -0.2) is 19.6 Å². The van der Waals surface area contributed by atoms with Crippen LogP contribution in [0.4, 0.5) is 13.2 Å². The zero-order valence-corrected chi connectivity index (χ0v) is 14.6. The second-order valence-corrected chi connectivity index (χ2v) is 6.13. The molecule has 140 valence electrons. The van der Waals surface area contributed by atoms with Crippen molar-refractivity contribution >= 4 is 16.7 Å². The van der Waals surface area contributed by atoms with Crippen molar-refractivity contribution < 1.29 is 22.7 Å². The van der Waals surface area contributed by atoms with Crippen LogP contribution in [0.5, 0.6) is 5.75 Å². The molecule has 0 aliphatic carbocycles. The second-order valence-electron chi connectivity index (χ2n) is 6.13. The molecule has 6 heteroatoms. The number of fused-ring (bicyclic) bond motifs is 1. The van der Waals surface area contributed by atoms with Crippen molar-refractivity contribution in [2.24, 2.45) is 0 Å². The van der Waals surface area contributed by atoms with Crippen molar-refractivity contribution in [2.45, 2.75) is 12.6 Å². The summed E-state index contributed by atoms with van der Waals surface area (Å²) in [6.07, 6.45) is -3.90. The van der Waals surface area contributed by atoms with Gasteiger partial charge in [0.05, 0.1) is 12.7 Å². The lowest BCUT2D eigenvalue weighted by Gasteiger charge is -2.10. The number of hydrogen-bond donors (Lipinski definition) is 1. The molecule has 27 heavy (non-hydrogen) atoms. The number of carbonyl (C=O) groups is 1. The highest BCUT2D eigenvalue weighted by molar-refractivity contribution is 5.94. The lowest BCUT2D eigenvalue weighted by Crippen LogP contribution is -2.26. The first kappa shape index (κ1) is 18.8. The van der Waals surface area contributed by atoms with Gasteiger partial charge in [-0.25, -0.2) is 0 Å². The summed E-state index contributed by atoms with van der Waals surface area (Å²) < 4.78 is 43.5. The minimum absolute atomic E-state index is 0.00641. The van der Waals surface area contributed by atoms with E-state index in [0.29, 0.717) is 13.0 Å². The number of benzene rings is 3. The Kier molecular flexibility index (Phi) is 5.35. The van der Waals surface area contributed by atoms with Gasteiger partial charge in [-0.2, -0.15) is 13.2 Å². The maximum Gasteiger partial charge on any atom is 0.416 e. The number of amides is 1. The number of carbonyl (C=O) groups excluding carboxylic acids is 1. The molecule has 0 heterocycles. The second kappa shape index (κ2) is 7.70. The maximum atomic E-state index is 12.7. The zero-order chi connectivity index (χ0) is 19.4. The molecular formula is C21H18F3NO2. The Hall–Kier alpha value is -3.02. The van der Waals surface area contributed by atoms with Gasteiger partial charge in [-0.3, -0.25) is 4.79 Å². The van der Waals surface area contributed by atoms with E-state index in [2.05, 4.69) is 5.32 Å². The first-order valence-electron chi connectivity index (χ1n) is 8.39. The largest absolute Gasteiger partial charge is 0.497 e. The summed E-state index contributed by atoms with van der Waals surface area (Å²) in [5, 5.41) is 4.77. The summed E-state index contributed by atoms with van der Waals surface area (Å²) in [5.41, 5.74) is 0.173. The van der Waals surface area contributed by atoms with Crippen LogP contribution < -0.4 is 10.1 Å². The fourth-order valence-electron chi connectivity index (χ4n) is 2.82. The summed E-state index contributed by atoms with van der Waals surface area (Å²) in [4.78, 5) is 12.1. The molecule has 3 rings (SSSR count). The highest BCUT2D eigenvalue weighted by atomic mass is 19.4. The minimum Gasteiger partial charge on any atom is -0.497 e. The molecule has 1 amide bonds. The molecule has 0 aromatic heterocycles. The van der Waals surface area contributed by atoms with Crippen LogP contribution >= 0.6 is 0 Å². The normalized spacial score (nSPS) is 11.4. The lowest BCUT2D eigenvalue weighted by molar-refractivity contribution is -0.137. The lowest BCUT2D eigenvalue weighted by atomic mass is 10.0. The molecule has 0 bridgehead atoms.